The number of fused-ring (bicyclic) bond motifs is 1. The normalized spacial score (nSPS) is 20.7. The van der Waals surface area contributed by atoms with E-state index in [0.29, 0.717) is 29.4 Å². The van der Waals surface area contributed by atoms with Gasteiger partial charge in [0.15, 0.2) is 0 Å². The van der Waals surface area contributed by atoms with Gasteiger partial charge in [-0.2, -0.15) is 0 Å². The van der Waals surface area contributed by atoms with Gasteiger partial charge >= 0.3 is 0 Å². The number of aromatic nitrogens is 3. The van der Waals surface area contributed by atoms with Crippen LogP contribution in [0.1, 0.15) is 60.6 Å². The second kappa shape index (κ2) is 14.0. The Labute approximate surface area is 248 Å². The number of anilines is 2. The molecule has 3 aromatic rings. The molecule has 0 bridgehead atoms. The SMILES string of the molecule is CN1CCC[C@@H]1c1cc2cnc(NC(=O)c3ccc(N4CCC(OCC5CCNCC5)CC4)nc3)cc2[nH]1.Cl.Cl. The number of hydrogen-bond donors (Lipinski definition) is 3. The number of pyridine rings is 2. The first kappa shape index (κ1) is 30.5. The summed E-state index contributed by atoms with van der Waals surface area (Å²) in [4.78, 5) is 30.2. The quantitative estimate of drug-likeness (QED) is 0.364. The summed E-state index contributed by atoms with van der Waals surface area (Å²) in [5.74, 6) is 1.94. The lowest BCUT2D eigenvalue weighted by molar-refractivity contribution is 0.00941. The number of likely N-dealkylation sites (tertiary alicyclic amines) is 1. The Kier molecular flexibility index (Phi) is 10.7. The molecule has 3 aliphatic rings. The average Bonchev–Trinajstić information content (AvgIpc) is 3.58. The number of rotatable bonds is 7. The highest BCUT2D eigenvalue weighted by Crippen LogP contribution is 2.32. The van der Waals surface area contributed by atoms with Crippen LogP contribution in [0.15, 0.2) is 36.7 Å². The van der Waals surface area contributed by atoms with Crippen LogP contribution in [0, 0.1) is 5.92 Å². The molecule has 3 saturated heterocycles. The molecule has 0 aliphatic carbocycles. The van der Waals surface area contributed by atoms with E-state index in [-0.39, 0.29) is 30.7 Å². The molecule has 1 atom stereocenters. The Morgan fingerprint density at radius 3 is 2.52 bits per heavy atom. The van der Waals surface area contributed by atoms with Gasteiger partial charge < -0.3 is 25.3 Å². The molecule has 3 aliphatic heterocycles. The maximum Gasteiger partial charge on any atom is 0.258 e. The van der Waals surface area contributed by atoms with Crippen molar-refractivity contribution in [2.45, 2.75) is 50.7 Å². The van der Waals surface area contributed by atoms with Crippen LogP contribution in [-0.2, 0) is 4.74 Å². The van der Waals surface area contributed by atoms with Crippen molar-refractivity contribution in [1.82, 2.24) is 25.2 Å². The first-order chi connectivity index (χ1) is 18.6. The van der Waals surface area contributed by atoms with Crippen molar-refractivity contribution in [2.75, 3.05) is 56.6 Å². The van der Waals surface area contributed by atoms with Crippen molar-refractivity contribution in [3.63, 3.8) is 0 Å². The summed E-state index contributed by atoms with van der Waals surface area (Å²) in [6.45, 7) is 6.09. The zero-order valence-corrected chi connectivity index (χ0v) is 24.7. The van der Waals surface area contributed by atoms with Crippen LogP contribution in [0.2, 0.25) is 0 Å². The Balaban J connectivity index is 0.00000185. The predicted octanol–water partition coefficient (Wildman–Crippen LogP) is 4.81. The van der Waals surface area contributed by atoms with E-state index >= 15 is 0 Å². The fourth-order valence-corrected chi connectivity index (χ4v) is 6.07. The van der Waals surface area contributed by atoms with E-state index in [1.165, 1.54) is 25.0 Å². The van der Waals surface area contributed by atoms with Crippen LogP contribution in [-0.4, -0.2) is 78.2 Å². The first-order valence-electron chi connectivity index (χ1n) is 14.2. The van der Waals surface area contributed by atoms with E-state index in [2.05, 4.69) is 48.5 Å². The molecule has 1 amide bonds. The number of hydrogen-bond acceptors (Lipinski definition) is 7. The second-order valence-corrected chi connectivity index (χ2v) is 11.1. The number of H-pyrrole nitrogens is 1. The minimum absolute atomic E-state index is 0. The third-order valence-electron chi connectivity index (χ3n) is 8.45. The minimum atomic E-state index is -0.205. The number of halogens is 2. The van der Waals surface area contributed by atoms with Gasteiger partial charge in [0.1, 0.15) is 11.6 Å². The topological polar surface area (TPSA) is 98.4 Å². The Bertz CT molecular complexity index is 1240. The smallest absolute Gasteiger partial charge is 0.258 e. The molecule has 0 radical (unpaired) electrons. The van der Waals surface area contributed by atoms with Crippen LogP contribution in [0.3, 0.4) is 0 Å². The van der Waals surface area contributed by atoms with E-state index < -0.39 is 0 Å². The fourth-order valence-electron chi connectivity index (χ4n) is 6.07. The largest absolute Gasteiger partial charge is 0.378 e. The van der Waals surface area contributed by atoms with E-state index in [9.17, 15) is 4.79 Å². The predicted molar refractivity (Wildman–Crippen MR) is 164 cm³/mol. The molecule has 40 heavy (non-hydrogen) atoms. The van der Waals surface area contributed by atoms with Crippen LogP contribution in [0.25, 0.3) is 10.9 Å². The van der Waals surface area contributed by atoms with E-state index in [0.717, 1.165) is 75.3 Å². The third-order valence-corrected chi connectivity index (χ3v) is 8.45. The second-order valence-electron chi connectivity index (χ2n) is 11.1. The highest BCUT2D eigenvalue weighted by atomic mass is 35.5. The summed E-state index contributed by atoms with van der Waals surface area (Å²) in [6.07, 6.45) is 10.7. The summed E-state index contributed by atoms with van der Waals surface area (Å²) in [5, 5.41) is 7.41. The summed E-state index contributed by atoms with van der Waals surface area (Å²) in [6, 6.07) is 8.29. The molecule has 11 heteroatoms. The van der Waals surface area contributed by atoms with E-state index in [4.69, 9.17) is 4.74 Å². The van der Waals surface area contributed by atoms with Crippen LogP contribution in [0.5, 0.6) is 0 Å². The number of ether oxygens (including phenoxy) is 1. The summed E-state index contributed by atoms with van der Waals surface area (Å²) in [7, 11) is 2.17. The molecule has 3 fully saturated rings. The van der Waals surface area contributed by atoms with Gasteiger partial charge in [0.2, 0.25) is 0 Å². The lowest BCUT2D eigenvalue weighted by atomic mass is 9.99. The molecule has 6 rings (SSSR count). The molecule has 9 nitrogen and oxygen atoms in total. The number of piperidine rings is 2. The monoisotopic (exact) mass is 589 g/mol. The maximum atomic E-state index is 12.9. The molecular formula is C29H41Cl2N7O2. The zero-order valence-electron chi connectivity index (χ0n) is 23.1. The lowest BCUT2D eigenvalue weighted by Crippen LogP contribution is -2.38. The first-order valence-corrected chi connectivity index (χ1v) is 14.2. The van der Waals surface area contributed by atoms with Crippen molar-refractivity contribution < 1.29 is 9.53 Å². The molecule has 0 saturated carbocycles. The average molecular weight is 591 g/mol. The Hall–Kier alpha value is -2.43. The lowest BCUT2D eigenvalue weighted by Gasteiger charge is -2.34. The maximum absolute atomic E-state index is 12.9. The molecule has 218 valence electrons. The standard InChI is InChI=1S/C29H39N7O2.2ClH/c1-35-12-2-3-26(35)25-15-22-18-31-27(16-24(22)33-25)34-29(37)21-4-5-28(32-17-21)36-13-8-23(9-14-36)38-19-20-6-10-30-11-7-20;;/h4-5,15-18,20,23,26,30,33H,2-3,6-14,19H2,1H3,(H,31,34,37);2*1H/t26-;;/m1../s1. The third kappa shape index (κ3) is 7.06. The van der Waals surface area contributed by atoms with Crippen molar-refractivity contribution in [2.24, 2.45) is 5.92 Å². The van der Waals surface area contributed by atoms with Gasteiger partial charge in [0.05, 0.1) is 17.2 Å². The fraction of sp³-hybridized carbons (Fsp3) is 0.552. The van der Waals surface area contributed by atoms with E-state index in [1.807, 2.05) is 24.4 Å². The molecule has 3 aromatic heterocycles. The van der Waals surface area contributed by atoms with Crippen molar-refractivity contribution >= 4 is 53.3 Å². The molecule has 0 aromatic carbocycles. The van der Waals surface area contributed by atoms with Crippen molar-refractivity contribution in [3.05, 3.63) is 47.9 Å². The Morgan fingerprint density at radius 1 is 1.02 bits per heavy atom. The minimum Gasteiger partial charge on any atom is -0.378 e. The van der Waals surface area contributed by atoms with Gasteiger partial charge in [-0.05, 0) is 89.3 Å². The number of nitrogens with one attached hydrogen (secondary N) is 3. The number of carbonyl (C=O) groups is 1. The molecular weight excluding hydrogens is 549 g/mol. The summed E-state index contributed by atoms with van der Waals surface area (Å²) >= 11 is 0. The van der Waals surface area contributed by atoms with Gasteiger partial charge in [-0.15, -0.1) is 24.8 Å². The van der Waals surface area contributed by atoms with Crippen molar-refractivity contribution in [1.29, 1.82) is 0 Å². The highest BCUT2D eigenvalue weighted by Gasteiger charge is 2.25. The van der Waals surface area contributed by atoms with Gasteiger partial charge in [-0.25, -0.2) is 9.97 Å². The van der Waals surface area contributed by atoms with Crippen LogP contribution >= 0.6 is 24.8 Å². The van der Waals surface area contributed by atoms with Crippen molar-refractivity contribution in [3.8, 4) is 0 Å². The molecule has 0 unspecified atom stereocenters. The molecule has 3 N–H and O–H groups in total. The molecule has 6 heterocycles. The van der Waals surface area contributed by atoms with Gasteiger partial charge in [-0.3, -0.25) is 9.69 Å². The molecule has 0 spiro atoms. The zero-order chi connectivity index (χ0) is 25.9. The van der Waals surface area contributed by atoms with Gasteiger partial charge in [-0.1, -0.05) is 0 Å². The Morgan fingerprint density at radius 2 is 1.82 bits per heavy atom. The summed E-state index contributed by atoms with van der Waals surface area (Å²) in [5.41, 5.74) is 2.72. The number of aromatic amines is 1. The number of amides is 1. The summed E-state index contributed by atoms with van der Waals surface area (Å²) < 4.78 is 6.23. The van der Waals surface area contributed by atoms with Crippen LogP contribution < -0.4 is 15.5 Å². The van der Waals surface area contributed by atoms with Gasteiger partial charge in [0.25, 0.3) is 5.91 Å². The number of carbonyl (C=O) groups excluding carboxylic acids is 1. The van der Waals surface area contributed by atoms with Gasteiger partial charge in [0, 0.05) is 55.3 Å². The van der Waals surface area contributed by atoms with Crippen LogP contribution in [0.4, 0.5) is 11.6 Å². The number of nitrogens with zero attached hydrogens (tertiary/aromatic N) is 4. The highest BCUT2D eigenvalue weighted by molar-refractivity contribution is 6.04. The van der Waals surface area contributed by atoms with E-state index in [1.54, 1.807) is 6.20 Å².